The van der Waals surface area contributed by atoms with Crippen molar-refractivity contribution in [3.05, 3.63) is 22.8 Å². The predicted molar refractivity (Wildman–Crippen MR) is 75.4 cm³/mol. The van der Waals surface area contributed by atoms with Crippen LogP contribution in [0.3, 0.4) is 0 Å². The van der Waals surface area contributed by atoms with Gasteiger partial charge in [-0.1, -0.05) is 33.1 Å². The van der Waals surface area contributed by atoms with Crippen molar-refractivity contribution in [1.29, 1.82) is 0 Å². The maximum Gasteiger partial charge on any atom is 0 e. The molecule has 0 aromatic carbocycles. The summed E-state index contributed by atoms with van der Waals surface area (Å²) in [7, 11) is 0. The molecule has 1 radical (unpaired) electrons. The summed E-state index contributed by atoms with van der Waals surface area (Å²) in [6, 6.07) is 0. The number of allylic oxidation sites excluding steroid dienone is 4. The van der Waals surface area contributed by atoms with E-state index < -0.39 is 0 Å². The molecule has 0 saturated heterocycles. The molecule has 0 aromatic heterocycles. The fourth-order valence-corrected chi connectivity index (χ4v) is 1.41. The largest absolute Gasteiger partial charge is 0.263 e. The van der Waals surface area contributed by atoms with Crippen molar-refractivity contribution < 1.29 is 16.8 Å². The van der Waals surface area contributed by atoms with Crippen molar-refractivity contribution in [2.45, 2.75) is 34.6 Å². The van der Waals surface area contributed by atoms with Crippen LogP contribution in [0.5, 0.6) is 0 Å². The van der Waals surface area contributed by atoms with E-state index in [1.807, 2.05) is 0 Å². The summed E-state index contributed by atoms with van der Waals surface area (Å²) >= 11 is 0. The van der Waals surface area contributed by atoms with Crippen LogP contribution < -0.4 is 0 Å². The van der Waals surface area contributed by atoms with Crippen molar-refractivity contribution in [2.24, 2.45) is 5.41 Å². The van der Waals surface area contributed by atoms with Gasteiger partial charge in [0.15, 0.2) is 0 Å². The summed E-state index contributed by atoms with van der Waals surface area (Å²) < 4.78 is 0. The van der Waals surface area contributed by atoms with E-state index in [2.05, 4.69) is 40.7 Å². The van der Waals surface area contributed by atoms with Gasteiger partial charge >= 0.3 is 0 Å². The minimum Gasteiger partial charge on any atom is -0.263 e. The third-order valence-corrected chi connectivity index (χ3v) is 2.56. The molecule has 1 aliphatic rings. The first-order valence-corrected chi connectivity index (χ1v) is 3.75. The van der Waals surface area contributed by atoms with Crippen LogP contribution in [0.15, 0.2) is 16.7 Å². The van der Waals surface area contributed by atoms with Crippen LogP contribution >= 0.6 is 48.0 Å². The Balaban J connectivity index is -0.000000333. The van der Waals surface area contributed by atoms with Gasteiger partial charge in [0.1, 0.15) is 0 Å². The average molecular weight is 450 g/mol. The van der Waals surface area contributed by atoms with Crippen LogP contribution in [0.4, 0.5) is 0 Å². The Morgan fingerprint density at radius 2 is 1.38 bits per heavy atom. The zero-order chi connectivity index (χ0) is 7.94. The summed E-state index contributed by atoms with van der Waals surface area (Å²) in [4.78, 5) is 0. The smallest absolute Gasteiger partial charge is 0 e. The molecule has 0 saturated carbocycles. The normalized spacial score (nSPS) is 18.1. The fraction of sp³-hybridized carbons (Fsp3) is 0.600. The molecule has 81 valence electrons. The van der Waals surface area contributed by atoms with Gasteiger partial charge in [0.2, 0.25) is 0 Å². The number of rotatable bonds is 0. The van der Waals surface area contributed by atoms with Gasteiger partial charge < -0.3 is 0 Å². The van der Waals surface area contributed by atoms with Gasteiger partial charge in [0, 0.05) is 16.8 Å². The molecule has 0 heterocycles. The Bertz CT molecular complexity index is 227. The molecule has 0 fully saturated rings. The molecule has 0 aromatic rings. The van der Waals surface area contributed by atoms with Gasteiger partial charge in [-0.05, 0) is 0 Å². The van der Waals surface area contributed by atoms with Crippen molar-refractivity contribution in [1.82, 2.24) is 0 Å². The average Bonchev–Trinajstić information content (AvgIpc) is 1.95. The zero-order valence-electron chi connectivity index (χ0n) is 8.65. The number of halogens is 2. The van der Waals surface area contributed by atoms with Crippen LogP contribution in [0.1, 0.15) is 34.6 Å². The van der Waals surface area contributed by atoms with Crippen molar-refractivity contribution in [3.8, 4) is 0 Å². The van der Waals surface area contributed by atoms with E-state index >= 15 is 0 Å². The van der Waals surface area contributed by atoms with E-state index in [1.165, 1.54) is 16.7 Å². The van der Waals surface area contributed by atoms with Crippen LogP contribution in [0, 0.1) is 11.5 Å². The second-order valence-corrected chi connectivity index (χ2v) is 3.62. The molecule has 0 aliphatic heterocycles. The minimum atomic E-state index is 0. The minimum absolute atomic E-state index is 0. The summed E-state index contributed by atoms with van der Waals surface area (Å²) in [5.74, 6) is 0. The molecule has 0 amide bonds. The quantitative estimate of drug-likeness (QED) is 0.381. The van der Waals surface area contributed by atoms with Crippen LogP contribution in [0.2, 0.25) is 0 Å². The van der Waals surface area contributed by atoms with Crippen LogP contribution in [-0.4, -0.2) is 0 Å². The summed E-state index contributed by atoms with van der Waals surface area (Å²) in [6.45, 7) is 10.9. The Labute approximate surface area is 126 Å². The molecule has 0 atom stereocenters. The van der Waals surface area contributed by atoms with Crippen molar-refractivity contribution >= 4 is 48.0 Å². The van der Waals surface area contributed by atoms with E-state index in [0.29, 0.717) is 0 Å². The first kappa shape index (κ1) is 19.9. The Kier molecular flexibility index (Phi) is 10.5. The second kappa shape index (κ2) is 6.84. The molecule has 0 bridgehead atoms. The third-order valence-electron chi connectivity index (χ3n) is 2.56. The summed E-state index contributed by atoms with van der Waals surface area (Å²) in [6.07, 6.45) is 3.44. The molecule has 0 N–H and O–H groups in total. The van der Waals surface area contributed by atoms with E-state index in [9.17, 15) is 0 Å². The Morgan fingerprint density at radius 3 is 1.46 bits per heavy atom. The predicted octanol–water partition coefficient (Wildman–Crippen LogP) is 4.35. The Hall–Kier alpha value is 1.45. The SMILES string of the molecule is CC1=[C-]C(C)(C)C(C)=C1C.I.I.[Co]. The maximum atomic E-state index is 3.44. The number of hydrogen-bond donors (Lipinski definition) is 0. The van der Waals surface area contributed by atoms with Gasteiger partial charge in [-0.15, -0.1) is 54.9 Å². The molecule has 0 nitrogen and oxygen atoms in total. The molecular weight excluding hydrogens is 433 g/mol. The molecule has 0 unspecified atom stereocenters. The van der Waals surface area contributed by atoms with Gasteiger partial charge in [0.05, 0.1) is 0 Å². The maximum absolute atomic E-state index is 3.44. The topological polar surface area (TPSA) is 0 Å². The van der Waals surface area contributed by atoms with E-state index in [1.54, 1.807) is 0 Å². The fourth-order valence-electron chi connectivity index (χ4n) is 1.41. The van der Waals surface area contributed by atoms with Crippen molar-refractivity contribution in [3.63, 3.8) is 0 Å². The van der Waals surface area contributed by atoms with E-state index in [0.717, 1.165) is 0 Å². The molecule has 1 aliphatic carbocycles. The third kappa shape index (κ3) is 4.21. The Morgan fingerprint density at radius 1 is 1.00 bits per heavy atom. The molecule has 3 heteroatoms. The second-order valence-electron chi connectivity index (χ2n) is 3.62. The van der Waals surface area contributed by atoms with Crippen molar-refractivity contribution in [2.75, 3.05) is 0 Å². The van der Waals surface area contributed by atoms with Crippen LogP contribution in [0.25, 0.3) is 0 Å². The molecule has 1 rings (SSSR count). The number of hydrogen-bond acceptors (Lipinski definition) is 0. The van der Waals surface area contributed by atoms with Gasteiger partial charge in [-0.2, -0.15) is 11.1 Å². The summed E-state index contributed by atoms with van der Waals surface area (Å²) in [5, 5.41) is 0. The van der Waals surface area contributed by atoms with Crippen LogP contribution in [-0.2, 0) is 16.8 Å². The summed E-state index contributed by atoms with van der Waals surface area (Å²) in [5.41, 5.74) is 4.39. The zero-order valence-corrected chi connectivity index (χ0v) is 14.4. The molecular formula is C10H17CoI2-. The monoisotopic (exact) mass is 450 g/mol. The first-order valence-electron chi connectivity index (χ1n) is 3.75. The van der Waals surface area contributed by atoms with E-state index in [-0.39, 0.29) is 70.1 Å². The van der Waals surface area contributed by atoms with E-state index in [4.69, 9.17) is 0 Å². The molecule has 0 spiro atoms. The standard InChI is InChI=1S/C10H15.Co.2HI/c1-7-6-10(4,5)9(3)8(7)2;;;/h1-5H3;;2*1H/q-1;;;. The first-order chi connectivity index (χ1) is 4.45. The van der Waals surface area contributed by atoms with Gasteiger partial charge in [-0.3, -0.25) is 6.08 Å². The van der Waals surface area contributed by atoms with Gasteiger partial charge in [-0.25, -0.2) is 5.57 Å². The van der Waals surface area contributed by atoms with Gasteiger partial charge in [0.25, 0.3) is 0 Å². The molecule has 13 heavy (non-hydrogen) atoms.